The van der Waals surface area contributed by atoms with Gasteiger partial charge in [-0.05, 0) is 50.2 Å². The first kappa shape index (κ1) is 22.0. The van der Waals surface area contributed by atoms with Crippen molar-refractivity contribution >= 4 is 42.2 Å². The third-order valence-electron chi connectivity index (χ3n) is 4.57. The van der Waals surface area contributed by atoms with Crippen LogP contribution in [0.25, 0.3) is 5.69 Å². The molecular formula is C20H19N5O4S3. The number of benzene rings is 2. The fourth-order valence-electron chi connectivity index (χ4n) is 3.19. The van der Waals surface area contributed by atoms with Gasteiger partial charge in [0.2, 0.25) is 0 Å². The normalized spacial score (nSPS) is 11.9. The van der Waals surface area contributed by atoms with Gasteiger partial charge >= 0.3 is 0 Å². The molecule has 0 radical (unpaired) electrons. The minimum atomic E-state index is -3.96. The molecule has 2 heterocycles. The van der Waals surface area contributed by atoms with E-state index in [1.54, 1.807) is 23.9 Å². The number of hydrogen-bond acceptors (Lipinski definition) is 7. The van der Waals surface area contributed by atoms with Crippen LogP contribution in [0.5, 0.6) is 0 Å². The lowest BCUT2D eigenvalue weighted by molar-refractivity contribution is 0.599. The number of para-hydroxylation sites is 1. The molecular weight excluding hydrogens is 470 g/mol. The molecule has 0 aliphatic rings. The fourth-order valence-corrected chi connectivity index (χ4v) is 6.44. The Hall–Kier alpha value is -3.22. The second-order valence-corrected chi connectivity index (χ2v) is 11.0. The Morgan fingerprint density at radius 2 is 1.56 bits per heavy atom. The Bertz CT molecular complexity index is 1450. The van der Waals surface area contributed by atoms with E-state index in [9.17, 15) is 16.8 Å². The molecule has 2 aromatic heterocycles. The quantitative estimate of drug-likeness (QED) is 0.409. The van der Waals surface area contributed by atoms with Crippen LogP contribution in [0.4, 0.5) is 10.8 Å². The highest BCUT2D eigenvalue weighted by atomic mass is 32.2. The molecule has 2 N–H and O–H groups in total. The van der Waals surface area contributed by atoms with Crippen LogP contribution in [-0.2, 0) is 20.0 Å². The molecule has 0 amide bonds. The van der Waals surface area contributed by atoms with E-state index >= 15 is 0 Å². The Morgan fingerprint density at radius 3 is 2.19 bits per heavy atom. The van der Waals surface area contributed by atoms with Gasteiger partial charge in [-0.3, -0.25) is 9.44 Å². The van der Waals surface area contributed by atoms with Gasteiger partial charge in [0, 0.05) is 17.3 Å². The topological polar surface area (TPSA) is 123 Å². The zero-order chi connectivity index (χ0) is 22.9. The van der Waals surface area contributed by atoms with Gasteiger partial charge in [-0.2, -0.15) is 5.10 Å². The van der Waals surface area contributed by atoms with Crippen molar-refractivity contribution in [1.29, 1.82) is 0 Å². The first-order chi connectivity index (χ1) is 15.2. The molecule has 0 spiro atoms. The Morgan fingerprint density at radius 1 is 0.875 bits per heavy atom. The summed E-state index contributed by atoms with van der Waals surface area (Å²) in [5.41, 5.74) is 1.79. The van der Waals surface area contributed by atoms with Gasteiger partial charge in [0.25, 0.3) is 20.0 Å². The minimum absolute atomic E-state index is 0.0140. The van der Waals surface area contributed by atoms with Crippen LogP contribution in [0.1, 0.15) is 11.4 Å². The predicted molar refractivity (Wildman–Crippen MR) is 123 cm³/mol. The largest absolute Gasteiger partial charge is 0.280 e. The molecule has 0 aliphatic carbocycles. The molecule has 166 valence electrons. The lowest BCUT2D eigenvalue weighted by Gasteiger charge is -2.10. The summed E-state index contributed by atoms with van der Waals surface area (Å²) in [6.07, 6.45) is 1.49. The third kappa shape index (κ3) is 4.38. The monoisotopic (exact) mass is 489 g/mol. The van der Waals surface area contributed by atoms with Crippen LogP contribution in [0.2, 0.25) is 0 Å². The summed E-state index contributed by atoms with van der Waals surface area (Å²) < 4.78 is 57.5. The van der Waals surface area contributed by atoms with E-state index in [1.165, 1.54) is 30.5 Å². The summed E-state index contributed by atoms with van der Waals surface area (Å²) in [6.45, 7) is 3.31. The molecule has 32 heavy (non-hydrogen) atoms. The number of rotatable bonds is 7. The Balaban J connectivity index is 1.59. The first-order valence-electron chi connectivity index (χ1n) is 9.34. The van der Waals surface area contributed by atoms with E-state index in [2.05, 4.69) is 19.5 Å². The minimum Gasteiger partial charge on any atom is -0.280 e. The highest BCUT2D eigenvalue weighted by molar-refractivity contribution is 7.93. The van der Waals surface area contributed by atoms with Crippen molar-refractivity contribution in [2.24, 2.45) is 0 Å². The zero-order valence-corrected chi connectivity index (χ0v) is 19.5. The molecule has 4 aromatic rings. The van der Waals surface area contributed by atoms with Crippen molar-refractivity contribution < 1.29 is 16.8 Å². The van der Waals surface area contributed by atoms with Gasteiger partial charge in [-0.25, -0.2) is 26.5 Å². The molecule has 0 unspecified atom stereocenters. The Kier molecular flexibility index (Phi) is 5.75. The molecule has 2 aromatic carbocycles. The summed E-state index contributed by atoms with van der Waals surface area (Å²) >= 11 is 1.16. The van der Waals surface area contributed by atoms with Crippen LogP contribution in [-0.4, -0.2) is 31.6 Å². The number of nitrogens with zero attached hydrogens (tertiary/aromatic N) is 3. The first-order valence-corrected chi connectivity index (χ1v) is 13.2. The smallest absolute Gasteiger partial charge is 0.265 e. The lowest BCUT2D eigenvalue weighted by Crippen LogP contribution is -2.16. The average molecular weight is 490 g/mol. The fraction of sp³-hybridized carbons (Fsp3) is 0.100. The maximum atomic E-state index is 13.1. The molecule has 0 aliphatic heterocycles. The van der Waals surface area contributed by atoms with Crippen LogP contribution >= 0.6 is 11.3 Å². The second-order valence-electron chi connectivity index (χ2n) is 6.82. The second kappa shape index (κ2) is 8.37. The molecule has 0 atom stereocenters. The van der Waals surface area contributed by atoms with Gasteiger partial charge in [0.15, 0.2) is 5.13 Å². The maximum Gasteiger partial charge on any atom is 0.265 e. The standard InChI is InChI=1S/C20H19N5O4S3/c1-14-19(15(2)25(22-14)17-6-4-3-5-7-17)32(28,29)23-16-8-10-18(11-9-16)31(26,27)24-20-21-12-13-30-20/h3-13,23H,1-2H3,(H,21,24). The van der Waals surface area contributed by atoms with Crippen LogP contribution in [0.15, 0.2) is 76.0 Å². The Labute approximate surface area is 189 Å². The third-order valence-corrected chi connectivity index (χ3v) is 8.37. The lowest BCUT2D eigenvalue weighted by atomic mass is 10.3. The molecule has 9 nitrogen and oxygen atoms in total. The highest BCUT2D eigenvalue weighted by Crippen LogP contribution is 2.26. The van der Waals surface area contributed by atoms with Gasteiger partial charge in [0.1, 0.15) is 4.90 Å². The number of hydrogen-bond donors (Lipinski definition) is 2. The number of aromatic nitrogens is 3. The van der Waals surface area contributed by atoms with E-state index in [1.807, 2.05) is 30.3 Å². The van der Waals surface area contributed by atoms with E-state index in [4.69, 9.17) is 0 Å². The number of nitrogens with one attached hydrogen (secondary N) is 2. The molecule has 0 saturated heterocycles. The van der Waals surface area contributed by atoms with Crippen LogP contribution in [0.3, 0.4) is 0 Å². The molecule has 4 rings (SSSR count). The number of aryl methyl sites for hydroxylation is 1. The number of thiazole rings is 1. The highest BCUT2D eigenvalue weighted by Gasteiger charge is 2.25. The van der Waals surface area contributed by atoms with Crippen molar-refractivity contribution in [3.05, 3.63) is 77.6 Å². The average Bonchev–Trinajstić information content (AvgIpc) is 3.35. The van der Waals surface area contributed by atoms with Crippen molar-refractivity contribution in [3.8, 4) is 5.69 Å². The maximum absolute atomic E-state index is 13.1. The summed E-state index contributed by atoms with van der Waals surface area (Å²) in [7, 11) is -7.79. The van der Waals surface area contributed by atoms with Crippen molar-refractivity contribution in [2.45, 2.75) is 23.6 Å². The van der Waals surface area contributed by atoms with Crippen molar-refractivity contribution in [3.63, 3.8) is 0 Å². The van der Waals surface area contributed by atoms with E-state index < -0.39 is 20.0 Å². The van der Waals surface area contributed by atoms with Gasteiger partial charge < -0.3 is 0 Å². The van der Waals surface area contributed by atoms with Crippen molar-refractivity contribution in [1.82, 2.24) is 14.8 Å². The van der Waals surface area contributed by atoms with Crippen LogP contribution in [0, 0.1) is 13.8 Å². The van der Waals surface area contributed by atoms with E-state index in [-0.39, 0.29) is 20.6 Å². The molecule has 0 bridgehead atoms. The molecule has 0 saturated carbocycles. The van der Waals surface area contributed by atoms with E-state index in [0.29, 0.717) is 11.4 Å². The van der Waals surface area contributed by atoms with Crippen LogP contribution < -0.4 is 9.44 Å². The van der Waals surface area contributed by atoms with Crippen molar-refractivity contribution in [2.75, 3.05) is 9.44 Å². The SMILES string of the molecule is Cc1nn(-c2ccccc2)c(C)c1S(=O)(=O)Nc1ccc(S(=O)(=O)Nc2nccs2)cc1. The summed E-state index contributed by atoms with van der Waals surface area (Å²) in [5.74, 6) is 0. The summed E-state index contributed by atoms with van der Waals surface area (Å²) in [4.78, 5) is 3.95. The van der Waals surface area contributed by atoms with Gasteiger partial charge in [-0.1, -0.05) is 18.2 Å². The number of anilines is 2. The summed E-state index contributed by atoms with van der Waals surface area (Å²) in [6, 6.07) is 14.6. The van der Waals surface area contributed by atoms with Gasteiger partial charge in [-0.15, -0.1) is 11.3 Å². The predicted octanol–water partition coefficient (Wildman–Crippen LogP) is 3.55. The van der Waals surface area contributed by atoms with E-state index in [0.717, 1.165) is 17.0 Å². The zero-order valence-electron chi connectivity index (χ0n) is 17.1. The summed E-state index contributed by atoms with van der Waals surface area (Å²) in [5, 5.41) is 6.27. The van der Waals surface area contributed by atoms with Gasteiger partial charge in [0.05, 0.1) is 22.0 Å². The molecule has 0 fully saturated rings. The number of sulfonamides is 2. The molecule has 12 heteroatoms.